The Bertz CT molecular complexity index is 1430. The van der Waals surface area contributed by atoms with Gasteiger partial charge >= 0.3 is 0 Å². The summed E-state index contributed by atoms with van der Waals surface area (Å²) in [6.45, 7) is 8.15. The van der Waals surface area contributed by atoms with E-state index in [1.165, 1.54) is 12.1 Å². The first-order valence-corrected chi connectivity index (χ1v) is 10.9. The number of benzene rings is 2. The average Bonchev–Trinajstić information content (AvgIpc) is 3.14. The molecule has 3 N–H and O–H groups in total. The molecule has 0 bridgehead atoms. The van der Waals surface area contributed by atoms with Crippen molar-refractivity contribution in [3.8, 4) is 5.75 Å². The average molecular weight is 462 g/mol. The summed E-state index contributed by atoms with van der Waals surface area (Å²) in [5, 5.41) is 0.405. The van der Waals surface area contributed by atoms with E-state index < -0.39 is 5.54 Å². The minimum atomic E-state index is -0.636. The fourth-order valence-electron chi connectivity index (χ4n) is 4.29. The van der Waals surface area contributed by atoms with Crippen LogP contribution in [0.15, 0.2) is 76.9 Å². The number of nitrogens with two attached hydrogens (primary N) is 1. The van der Waals surface area contributed by atoms with Gasteiger partial charge in [-0.2, -0.15) is 0 Å². The molecule has 0 fully saturated rings. The molecule has 1 aliphatic rings. The van der Waals surface area contributed by atoms with Crippen molar-refractivity contribution < 1.29 is 9.13 Å². The Morgan fingerprint density at radius 2 is 2.06 bits per heavy atom. The number of anilines is 1. The number of aromatic amines is 1. The fourth-order valence-corrected chi connectivity index (χ4v) is 4.29. The maximum Gasteiger partial charge on any atom is 0.277 e. The van der Waals surface area contributed by atoms with Gasteiger partial charge in [0.25, 0.3) is 5.56 Å². The monoisotopic (exact) mass is 461 g/mol. The first-order valence-electron chi connectivity index (χ1n) is 10.9. The minimum Gasteiger partial charge on any atom is -0.495 e. The SMILES string of the molecule is C=CN(/C=C(/C)N)c1ccc(/C=c2\[nH]c3n(c2=O)C(C)(c2ccc(F)cc2)CCN=3)cc1OC. The summed E-state index contributed by atoms with van der Waals surface area (Å²) in [7, 11) is 1.58. The molecule has 0 saturated heterocycles. The van der Waals surface area contributed by atoms with Gasteiger partial charge in [0, 0.05) is 24.6 Å². The van der Waals surface area contributed by atoms with E-state index in [-0.39, 0.29) is 11.4 Å². The summed E-state index contributed by atoms with van der Waals surface area (Å²) in [5.74, 6) is 0.288. The summed E-state index contributed by atoms with van der Waals surface area (Å²) < 4.78 is 20.7. The Morgan fingerprint density at radius 1 is 1.32 bits per heavy atom. The van der Waals surface area contributed by atoms with E-state index in [4.69, 9.17) is 10.5 Å². The van der Waals surface area contributed by atoms with Gasteiger partial charge in [0.05, 0.1) is 18.3 Å². The normalized spacial score (nSPS) is 18.2. The zero-order valence-electron chi connectivity index (χ0n) is 19.5. The van der Waals surface area contributed by atoms with E-state index >= 15 is 0 Å². The van der Waals surface area contributed by atoms with E-state index in [1.807, 2.05) is 25.1 Å². The first-order chi connectivity index (χ1) is 16.3. The number of nitrogens with one attached hydrogen (secondary N) is 1. The zero-order valence-corrected chi connectivity index (χ0v) is 19.5. The zero-order chi connectivity index (χ0) is 24.5. The molecule has 0 saturated carbocycles. The number of H-pyrrole nitrogens is 1. The van der Waals surface area contributed by atoms with E-state index in [0.717, 1.165) is 16.8 Å². The molecule has 4 rings (SSSR count). The molecule has 0 radical (unpaired) electrons. The molecule has 2 aromatic carbocycles. The van der Waals surface area contributed by atoms with E-state index in [1.54, 1.807) is 54.1 Å². The number of aromatic nitrogens is 2. The Labute approximate surface area is 197 Å². The molecule has 1 aromatic heterocycles. The molecule has 3 aromatic rings. The van der Waals surface area contributed by atoms with Crippen LogP contribution < -0.4 is 31.9 Å². The van der Waals surface area contributed by atoms with Crippen molar-refractivity contribution in [3.63, 3.8) is 0 Å². The highest BCUT2D eigenvalue weighted by molar-refractivity contribution is 5.67. The van der Waals surface area contributed by atoms with Crippen molar-refractivity contribution in [3.05, 3.63) is 105 Å². The van der Waals surface area contributed by atoms with Gasteiger partial charge in [0.15, 0.2) is 0 Å². The second-order valence-corrected chi connectivity index (χ2v) is 8.45. The van der Waals surface area contributed by atoms with Crippen LogP contribution in [0.2, 0.25) is 0 Å². The van der Waals surface area contributed by atoms with Crippen molar-refractivity contribution in [1.82, 2.24) is 9.55 Å². The van der Waals surface area contributed by atoms with Gasteiger partial charge in [-0.3, -0.25) is 14.4 Å². The molecule has 8 heteroatoms. The standard InChI is InChI=1S/C26H28FN5O2/c1-5-31(16-17(2)28)22-11-6-18(15-23(22)34-4)14-21-24(33)32-25(30-21)29-13-12-26(32,3)19-7-9-20(27)10-8-19/h5-11,14-16H,1,12-13,28H2,2-4H3,(H,29,30)/b17-16-,21-14-. The van der Waals surface area contributed by atoms with Gasteiger partial charge in [-0.1, -0.05) is 24.8 Å². The van der Waals surface area contributed by atoms with Crippen LogP contribution >= 0.6 is 0 Å². The number of halogens is 1. The third-order valence-corrected chi connectivity index (χ3v) is 6.04. The Hall–Kier alpha value is -4.07. The van der Waals surface area contributed by atoms with Gasteiger partial charge in [-0.05, 0) is 61.7 Å². The number of ether oxygens (including phenoxy) is 1. The molecular formula is C26H28FN5O2. The number of methoxy groups -OCH3 is 1. The molecule has 1 unspecified atom stereocenters. The smallest absolute Gasteiger partial charge is 0.277 e. The van der Waals surface area contributed by atoms with Crippen LogP contribution in [-0.4, -0.2) is 23.2 Å². The lowest BCUT2D eigenvalue weighted by Crippen LogP contribution is -2.49. The van der Waals surface area contributed by atoms with Crippen molar-refractivity contribution >= 4 is 11.8 Å². The summed E-state index contributed by atoms with van der Waals surface area (Å²) in [6, 6.07) is 11.9. The predicted octanol–water partition coefficient (Wildman–Crippen LogP) is 2.71. The molecule has 7 nitrogen and oxygen atoms in total. The Morgan fingerprint density at radius 3 is 2.71 bits per heavy atom. The molecule has 0 aliphatic carbocycles. The van der Waals surface area contributed by atoms with Gasteiger partial charge in [0.2, 0.25) is 5.62 Å². The molecule has 1 aliphatic heterocycles. The fraction of sp³-hybridized carbons (Fsp3) is 0.231. The van der Waals surface area contributed by atoms with Crippen LogP contribution in [0.5, 0.6) is 5.75 Å². The quantitative estimate of drug-likeness (QED) is 0.591. The highest BCUT2D eigenvalue weighted by Crippen LogP contribution is 2.31. The number of hydrogen-bond acceptors (Lipinski definition) is 5. The second-order valence-electron chi connectivity index (χ2n) is 8.45. The van der Waals surface area contributed by atoms with Crippen LogP contribution in [0.1, 0.15) is 31.4 Å². The number of rotatable bonds is 6. The molecule has 34 heavy (non-hydrogen) atoms. The van der Waals surface area contributed by atoms with Gasteiger partial charge in [0.1, 0.15) is 16.9 Å². The van der Waals surface area contributed by atoms with Crippen LogP contribution in [-0.2, 0) is 5.54 Å². The Balaban J connectivity index is 1.81. The lowest BCUT2D eigenvalue weighted by atomic mass is 9.87. The number of fused-ring (bicyclic) bond motifs is 1. The summed E-state index contributed by atoms with van der Waals surface area (Å²) >= 11 is 0. The molecule has 1 atom stereocenters. The summed E-state index contributed by atoms with van der Waals surface area (Å²) in [4.78, 5) is 22.9. The number of allylic oxidation sites excluding steroid dienone is 1. The van der Waals surface area contributed by atoms with Crippen molar-refractivity contribution in [2.45, 2.75) is 25.8 Å². The van der Waals surface area contributed by atoms with Gasteiger partial charge in [-0.15, -0.1) is 0 Å². The second kappa shape index (κ2) is 9.05. The lowest BCUT2D eigenvalue weighted by molar-refractivity contribution is 0.323. The van der Waals surface area contributed by atoms with E-state index in [2.05, 4.69) is 16.6 Å². The predicted molar refractivity (Wildman–Crippen MR) is 132 cm³/mol. The Kier molecular flexibility index (Phi) is 6.15. The lowest BCUT2D eigenvalue weighted by Gasteiger charge is -2.32. The van der Waals surface area contributed by atoms with Gasteiger partial charge < -0.3 is 20.4 Å². The van der Waals surface area contributed by atoms with E-state index in [0.29, 0.717) is 35.4 Å². The summed E-state index contributed by atoms with van der Waals surface area (Å²) in [6.07, 6.45) is 5.79. The number of hydrogen-bond donors (Lipinski definition) is 2. The molecule has 0 amide bonds. The van der Waals surface area contributed by atoms with Crippen molar-refractivity contribution in [1.29, 1.82) is 0 Å². The molecular weight excluding hydrogens is 433 g/mol. The molecule has 0 spiro atoms. The van der Waals surface area contributed by atoms with Crippen LogP contribution in [0.4, 0.5) is 10.1 Å². The minimum absolute atomic E-state index is 0.192. The highest BCUT2D eigenvalue weighted by Gasteiger charge is 2.34. The van der Waals surface area contributed by atoms with Crippen LogP contribution in [0.3, 0.4) is 0 Å². The molecule has 2 heterocycles. The number of imidazole rings is 1. The largest absolute Gasteiger partial charge is 0.495 e. The molecule has 176 valence electrons. The maximum absolute atomic E-state index is 13.5. The van der Waals surface area contributed by atoms with Crippen LogP contribution in [0.25, 0.3) is 6.08 Å². The third kappa shape index (κ3) is 4.14. The third-order valence-electron chi connectivity index (χ3n) is 6.04. The van der Waals surface area contributed by atoms with Crippen molar-refractivity contribution in [2.24, 2.45) is 10.7 Å². The maximum atomic E-state index is 13.5. The van der Waals surface area contributed by atoms with E-state index in [9.17, 15) is 9.18 Å². The van der Waals surface area contributed by atoms with Crippen molar-refractivity contribution in [2.75, 3.05) is 18.6 Å². The summed E-state index contributed by atoms with van der Waals surface area (Å²) in [5.41, 5.74) is 8.51. The van der Waals surface area contributed by atoms with Gasteiger partial charge in [-0.25, -0.2) is 4.39 Å². The first kappa shape index (κ1) is 23.1. The topological polar surface area (TPSA) is 88.6 Å². The highest BCUT2D eigenvalue weighted by atomic mass is 19.1. The number of nitrogens with zero attached hydrogens (tertiary/aromatic N) is 3. The van der Waals surface area contributed by atoms with Crippen LogP contribution in [0, 0.1) is 5.82 Å².